The number of aromatic nitrogens is 2. The van der Waals surface area contributed by atoms with Crippen molar-refractivity contribution in [2.75, 3.05) is 25.5 Å². The summed E-state index contributed by atoms with van der Waals surface area (Å²) in [5, 5.41) is 3.36. The lowest BCUT2D eigenvalue weighted by molar-refractivity contribution is 0.177. The minimum Gasteiger partial charge on any atom is -0.377 e. The van der Waals surface area contributed by atoms with Crippen molar-refractivity contribution in [1.82, 2.24) is 14.9 Å². The number of ether oxygens (including phenoxy) is 1. The summed E-state index contributed by atoms with van der Waals surface area (Å²) in [4.78, 5) is 10.9. The van der Waals surface area contributed by atoms with Crippen LogP contribution in [-0.4, -0.2) is 41.1 Å². The van der Waals surface area contributed by atoms with Crippen LogP contribution in [0.1, 0.15) is 36.5 Å². The van der Waals surface area contributed by atoms with Crippen LogP contribution < -0.4 is 5.32 Å². The van der Waals surface area contributed by atoms with Crippen molar-refractivity contribution in [2.24, 2.45) is 0 Å². The van der Waals surface area contributed by atoms with Crippen LogP contribution in [0.4, 0.5) is 19.0 Å². The maximum Gasteiger partial charge on any atom is 0.194 e. The standard InChI is InChI=1S/C19H23F3N4O/c1-4-26-6-5-15(19(26)12-8-13(20)18(22)14(21)9-12)24-16-7-11(2)23-17(25-16)10-27-3/h7-9,15,19H,4-6,10H2,1-3H3,(H,23,24,25). The fourth-order valence-electron chi connectivity index (χ4n) is 3.64. The number of methoxy groups -OCH3 is 1. The Morgan fingerprint density at radius 3 is 2.52 bits per heavy atom. The largest absolute Gasteiger partial charge is 0.377 e. The number of likely N-dealkylation sites (N-methyl/N-ethyl adjacent to an activating group) is 1. The molecule has 1 fully saturated rings. The average Bonchev–Trinajstić information content (AvgIpc) is 3.01. The van der Waals surface area contributed by atoms with E-state index in [4.69, 9.17) is 4.74 Å². The molecule has 1 aliphatic rings. The van der Waals surface area contributed by atoms with Gasteiger partial charge in [-0.3, -0.25) is 4.90 Å². The van der Waals surface area contributed by atoms with E-state index in [-0.39, 0.29) is 12.1 Å². The minimum atomic E-state index is -1.44. The number of nitrogens with zero attached hydrogens (tertiary/aromatic N) is 3. The number of hydrogen-bond donors (Lipinski definition) is 1. The van der Waals surface area contributed by atoms with Crippen molar-refractivity contribution < 1.29 is 17.9 Å². The van der Waals surface area contributed by atoms with Crippen LogP contribution in [-0.2, 0) is 11.3 Å². The van der Waals surface area contributed by atoms with Gasteiger partial charge in [0.25, 0.3) is 0 Å². The van der Waals surface area contributed by atoms with Crippen molar-refractivity contribution in [2.45, 2.75) is 39.0 Å². The molecule has 3 rings (SSSR count). The monoisotopic (exact) mass is 380 g/mol. The third kappa shape index (κ3) is 4.22. The fraction of sp³-hybridized carbons (Fsp3) is 0.474. The SMILES string of the molecule is CCN1CCC(Nc2cc(C)nc(COC)n2)C1c1cc(F)c(F)c(F)c1. The molecule has 1 aliphatic heterocycles. The lowest BCUT2D eigenvalue weighted by Gasteiger charge is -2.28. The molecule has 0 radical (unpaired) electrons. The van der Waals surface area contributed by atoms with Crippen LogP contribution in [0.15, 0.2) is 18.2 Å². The second-order valence-electron chi connectivity index (χ2n) is 6.66. The summed E-state index contributed by atoms with van der Waals surface area (Å²) in [6.07, 6.45) is 0.766. The van der Waals surface area contributed by atoms with Gasteiger partial charge in [0.05, 0.1) is 6.04 Å². The van der Waals surface area contributed by atoms with E-state index >= 15 is 0 Å². The molecule has 0 bridgehead atoms. The quantitative estimate of drug-likeness (QED) is 0.776. The normalized spacial score (nSPS) is 20.2. The summed E-state index contributed by atoms with van der Waals surface area (Å²) in [6.45, 7) is 5.61. The van der Waals surface area contributed by atoms with Gasteiger partial charge in [-0.25, -0.2) is 23.1 Å². The Bertz CT molecular complexity index is 795. The first kappa shape index (κ1) is 19.6. The zero-order valence-corrected chi connectivity index (χ0v) is 15.6. The van der Waals surface area contributed by atoms with Gasteiger partial charge in [-0.15, -0.1) is 0 Å². The lowest BCUT2D eigenvalue weighted by atomic mass is 9.99. The Kier molecular flexibility index (Phi) is 5.96. The number of halogens is 3. The third-order valence-corrected chi connectivity index (χ3v) is 4.76. The molecule has 8 heteroatoms. The van der Waals surface area contributed by atoms with Gasteiger partial charge in [-0.1, -0.05) is 6.92 Å². The predicted molar refractivity (Wildman–Crippen MR) is 95.8 cm³/mol. The first-order valence-electron chi connectivity index (χ1n) is 8.91. The molecule has 1 N–H and O–H groups in total. The van der Waals surface area contributed by atoms with Gasteiger partial charge >= 0.3 is 0 Å². The predicted octanol–water partition coefficient (Wildman–Crippen LogP) is 3.60. The molecule has 2 heterocycles. The Morgan fingerprint density at radius 1 is 1.19 bits per heavy atom. The Morgan fingerprint density at radius 2 is 1.89 bits per heavy atom. The van der Waals surface area contributed by atoms with E-state index in [0.29, 0.717) is 30.4 Å². The Balaban J connectivity index is 1.90. The van der Waals surface area contributed by atoms with Crippen LogP contribution in [0.25, 0.3) is 0 Å². The molecular weight excluding hydrogens is 357 g/mol. The second kappa shape index (κ2) is 8.22. The molecule has 0 saturated carbocycles. The molecule has 1 aromatic carbocycles. The van der Waals surface area contributed by atoms with E-state index in [2.05, 4.69) is 20.2 Å². The minimum absolute atomic E-state index is 0.126. The fourth-order valence-corrected chi connectivity index (χ4v) is 3.64. The number of rotatable bonds is 6. The van der Waals surface area contributed by atoms with Crippen LogP contribution in [0, 0.1) is 24.4 Å². The highest BCUT2D eigenvalue weighted by atomic mass is 19.2. The van der Waals surface area contributed by atoms with Crippen molar-refractivity contribution in [3.63, 3.8) is 0 Å². The van der Waals surface area contributed by atoms with Crippen LogP contribution in [0.5, 0.6) is 0 Å². The van der Waals surface area contributed by atoms with E-state index in [1.54, 1.807) is 7.11 Å². The topological polar surface area (TPSA) is 50.3 Å². The van der Waals surface area contributed by atoms with Gasteiger partial charge in [0.1, 0.15) is 12.4 Å². The Hall–Kier alpha value is -2.19. The molecule has 5 nitrogen and oxygen atoms in total. The highest BCUT2D eigenvalue weighted by Crippen LogP contribution is 2.35. The van der Waals surface area contributed by atoms with Crippen molar-refractivity contribution >= 4 is 5.82 Å². The van der Waals surface area contributed by atoms with E-state index in [1.165, 1.54) is 0 Å². The molecule has 0 spiro atoms. The molecule has 1 aromatic heterocycles. The molecule has 27 heavy (non-hydrogen) atoms. The summed E-state index contributed by atoms with van der Waals surface area (Å²) >= 11 is 0. The van der Waals surface area contributed by atoms with Crippen LogP contribution >= 0.6 is 0 Å². The number of anilines is 1. The van der Waals surface area contributed by atoms with Crippen molar-refractivity contribution in [3.05, 3.63) is 52.7 Å². The zero-order valence-electron chi connectivity index (χ0n) is 15.6. The lowest BCUT2D eigenvalue weighted by Crippen LogP contribution is -2.32. The van der Waals surface area contributed by atoms with E-state index in [9.17, 15) is 13.2 Å². The molecule has 2 unspecified atom stereocenters. The van der Waals surface area contributed by atoms with Gasteiger partial charge in [0, 0.05) is 31.5 Å². The molecule has 1 saturated heterocycles. The highest BCUT2D eigenvalue weighted by molar-refractivity contribution is 5.39. The third-order valence-electron chi connectivity index (χ3n) is 4.76. The molecule has 0 aliphatic carbocycles. The number of aryl methyl sites for hydroxylation is 1. The van der Waals surface area contributed by atoms with Gasteiger partial charge in [0.2, 0.25) is 0 Å². The maximum absolute atomic E-state index is 13.8. The highest BCUT2D eigenvalue weighted by Gasteiger charge is 2.35. The van der Waals surface area contributed by atoms with Gasteiger partial charge < -0.3 is 10.1 Å². The van der Waals surface area contributed by atoms with E-state index in [1.807, 2.05) is 19.9 Å². The van der Waals surface area contributed by atoms with Crippen molar-refractivity contribution in [3.8, 4) is 0 Å². The first-order chi connectivity index (χ1) is 12.9. The van der Waals surface area contributed by atoms with Gasteiger partial charge in [0.15, 0.2) is 23.3 Å². The summed E-state index contributed by atoms with van der Waals surface area (Å²) < 4.78 is 46.0. The van der Waals surface area contributed by atoms with Gasteiger partial charge in [-0.2, -0.15) is 0 Å². The average molecular weight is 380 g/mol. The smallest absolute Gasteiger partial charge is 0.194 e. The number of likely N-dealkylation sites (tertiary alicyclic amines) is 1. The van der Waals surface area contributed by atoms with Crippen LogP contribution in [0.2, 0.25) is 0 Å². The number of hydrogen-bond acceptors (Lipinski definition) is 5. The summed E-state index contributed by atoms with van der Waals surface area (Å²) in [7, 11) is 1.57. The number of nitrogens with one attached hydrogen (secondary N) is 1. The second-order valence-corrected chi connectivity index (χ2v) is 6.66. The van der Waals surface area contributed by atoms with E-state index in [0.717, 1.165) is 30.8 Å². The van der Waals surface area contributed by atoms with Crippen molar-refractivity contribution in [1.29, 1.82) is 0 Å². The summed E-state index contributed by atoms with van der Waals surface area (Å²) in [5.74, 6) is -2.61. The first-order valence-corrected chi connectivity index (χ1v) is 8.91. The zero-order chi connectivity index (χ0) is 19.6. The maximum atomic E-state index is 13.8. The summed E-state index contributed by atoms with van der Waals surface area (Å²) in [6, 6.07) is 3.55. The Labute approximate surface area is 156 Å². The number of benzene rings is 1. The molecule has 0 amide bonds. The van der Waals surface area contributed by atoms with E-state index < -0.39 is 17.5 Å². The molecule has 2 aromatic rings. The molecule has 146 valence electrons. The van der Waals surface area contributed by atoms with Gasteiger partial charge in [-0.05, 0) is 37.6 Å². The van der Waals surface area contributed by atoms with Crippen LogP contribution in [0.3, 0.4) is 0 Å². The molecule has 2 atom stereocenters. The summed E-state index contributed by atoms with van der Waals surface area (Å²) in [5.41, 5.74) is 1.20. The molecular formula is C19H23F3N4O.